The van der Waals surface area contributed by atoms with Gasteiger partial charge in [-0.15, -0.1) is 24.0 Å². The molecule has 1 atom stereocenters. The zero-order valence-electron chi connectivity index (χ0n) is 12.2. The van der Waals surface area contributed by atoms with Crippen LogP contribution in [0.4, 0.5) is 0 Å². The van der Waals surface area contributed by atoms with E-state index >= 15 is 0 Å². The van der Waals surface area contributed by atoms with Crippen molar-refractivity contribution in [1.82, 2.24) is 4.90 Å². The summed E-state index contributed by atoms with van der Waals surface area (Å²) in [5.41, 5.74) is 6.88. The number of guanidine groups is 1. The second-order valence-electron chi connectivity index (χ2n) is 4.12. The molecule has 0 heterocycles. The summed E-state index contributed by atoms with van der Waals surface area (Å²) in [7, 11) is 1.65. The molecule has 0 saturated carbocycles. The Balaban J connectivity index is 0.00000361. The van der Waals surface area contributed by atoms with Crippen LogP contribution in [0.5, 0.6) is 0 Å². The maximum atomic E-state index is 6.16. The van der Waals surface area contributed by atoms with E-state index in [-0.39, 0.29) is 30.1 Å². The molecule has 114 valence electrons. The predicted octanol–water partition coefficient (Wildman–Crippen LogP) is 3.30. The molecule has 0 aliphatic rings. The van der Waals surface area contributed by atoms with Crippen LogP contribution >= 0.6 is 35.6 Å². The lowest BCUT2D eigenvalue weighted by atomic mass is 10.1. The Labute approximate surface area is 143 Å². The van der Waals surface area contributed by atoms with Gasteiger partial charge in [0, 0.05) is 30.8 Å². The van der Waals surface area contributed by atoms with Crippen LogP contribution in [0, 0.1) is 0 Å². The van der Waals surface area contributed by atoms with Crippen LogP contribution in [-0.2, 0) is 4.74 Å². The molecule has 0 fully saturated rings. The molecule has 0 amide bonds. The second kappa shape index (κ2) is 10.2. The summed E-state index contributed by atoms with van der Waals surface area (Å²) in [5, 5.41) is 0.686. The van der Waals surface area contributed by atoms with E-state index in [2.05, 4.69) is 4.99 Å². The van der Waals surface area contributed by atoms with Gasteiger partial charge in [0.05, 0.1) is 6.54 Å². The Morgan fingerprint density at radius 3 is 2.45 bits per heavy atom. The summed E-state index contributed by atoms with van der Waals surface area (Å²) < 4.78 is 5.45. The van der Waals surface area contributed by atoms with Crippen LogP contribution in [0.3, 0.4) is 0 Å². The average Bonchev–Trinajstić information content (AvgIpc) is 2.42. The lowest BCUT2D eigenvalue weighted by molar-refractivity contribution is 0.111. The molecular weight excluding hydrogens is 389 g/mol. The third-order valence-corrected chi connectivity index (χ3v) is 3.39. The molecule has 1 aromatic carbocycles. The quantitative estimate of drug-likeness (QED) is 0.444. The number of ether oxygens (including phenoxy) is 1. The van der Waals surface area contributed by atoms with Gasteiger partial charge >= 0.3 is 0 Å². The number of aliphatic imine (C=N–C) groups is 1. The van der Waals surface area contributed by atoms with Crippen molar-refractivity contribution in [3.05, 3.63) is 34.9 Å². The number of benzene rings is 1. The van der Waals surface area contributed by atoms with E-state index in [1.165, 1.54) is 0 Å². The molecule has 1 aromatic rings. The number of methoxy groups -OCH3 is 1. The van der Waals surface area contributed by atoms with Gasteiger partial charge < -0.3 is 15.4 Å². The molecule has 4 nitrogen and oxygen atoms in total. The number of nitrogens with two attached hydrogens (primary N) is 1. The van der Waals surface area contributed by atoms with Gasteiger partial charge in [-0.1, -0.05) is 29.8 Å². The Bertz CT molecular complexity index is 425. The fraction of sp³-hybridized carbons (Fsp3) is 0.500. The van der Waals surface area contributed by atoms with Crippen LogP contribution in [0.15, 0.2) is 29.3 Å². The predicted molar refractivity (Wildman–Crippen MR) is 96.0 cm³/mol. The number of halogens is 2. The summed E-state index contributed by atoms with van der Waals surface area (Å²) in [6, 6.07) is 7.62. The Hall–Kier alpha value is -0.530. The molecule has 6 heteroatoms. The molecule has 0 bridgehead atoms. The van der Waals surface area contributed by atoms with Crippen LogP contribution in [0.25, 0.3) is 0 Å². The first-order chi connectivity index (χ1) is 9.13. The maximum absolute atomic E-state index is 6.16. The molecule has 20 heavy (non-hydrogen) atoms. The first-order valence-corrected chi connectivity index (χ1v) is 6.83. The Kier molecular flexibility index (Phi) is 9.96. The lowest BCUT2D eigenvalue weighted by Gasteiger charge is -2.21. The summed E-state index contributed by atoms with van der Waals surface area (Å²) in [5.74, 6) is 0.541. The van der Waals surface area contributed by atoms with E-state index in [0.29, 0.717) is 17.5 Å². The summed E-state index contributed by atoms with van der Waals surface area (Å²) in [4.78, 5) is 6.39. The minimum absolute atomic E-state index is 0. The maximum Gasteiger partial charge on any atom is 0.191 e. The van der Waals surface area contributed by atoms with Crippen molar-refractivity contribution in [2.24, 2.45) is 10.7 Å². The first-order valence-electron chi connectivity index (χ1n) is 6.46. The number of hydrogen-bond acceptors (Lipinski definition) is 2. The largest absolute Gasteiger partial charge is 0.375 e. The molecule has 1 rings (SSSR count). The van der Waals surface area contributed by atoms with E-state index < -0.39 is 0 Å². The molecule has 1 unspecified atom stereocenters. The minimum Gasteiger partial charge on any atom is -0.375 e. The van der Waals surface area contributed by atoms with Gasteiger partial charge in [0.2, 0.25) is 0 Å². The molecule has 0 aromatic heterocycles. The van der Waals surface area contributed by atoms with E-state index in [1.807, 2.05) is 43.0 Å². The van der Waals surface area contributed by atoms with Gasteiger partial charge in [0.15, 0.2) is 5.96 Å². The van der Waals surface area contributed by atoms with Crippen molar-refractivity contribution in [3.8, 4) is 0 Å². The summed E-state index contributed by atoms with van der Waals surface area (Å²) in [6.45, 7) is 6.25. The van der Waals surface area contributed by atoms with E-state index in [4.69, 9.17) is 22.1 Å². The minimum atomic E-state index is -0.178. The highest BCUT2D eigenvalue weighted by Crippen LogP contribution is 2.25. The number of hydrogen-bond donors (Lipinski definition) is 1. The Morgan fingerprint density at radius 2 is 1.95 bits per heavy atom. The zero-order valence-corrected chi connectivity index (χ0v) is 15.3. The normalized spacial score (nSPS) is 12.7. The van der Waals surface area contributed by atoms with E-state index in [9.17, 15) is 0 Å². The van der Waals surface area contributed by atoms with E-state index in [0.717, 1.165) is 18.7 Å². The van der Waals surface area contributed by atoms with Gasteiger partial charge in [-0.05, 0) is 19.9 Å². The fourth-order valence-electron chi connectivity index (χ4n) is 1.86. The van der Waals surface area contributed by atoms with E-state index in [1.54, 1.807) is 7.11 Å². The molecule has 0 radical (unpaired) electrons. The first kappa shape index (κ1) is 19.5. The fourth-order valence-corrected chi connectivity index (χ4v) is 2.12. The van der Waals surface area contributed by atoms with Crippen molar-refractivity contribution >= 4 is 41.5 Å². The summed E-state index contributed by atoms with van der Waals surface area (Å²) in [6.07, 6.45) is -0.178. The molecule has 0 aliphatic carbocycles. The van der Waals surface area contributed by atoms with Crippen LogP contribution in [0.2, 0.25) is 5.02 Å². The van der Waals surface area contributed by atoms with Crippen LogP contribution in [0.1, 0.15) is 25.5 Å². The van der Waals surface area contributed by atoms with Crippen molar-refractivity contribution in [1.29, 1.82) is 0 Å². The molecular formula is C14H23ClIN3O. The number of rotatable bonds is 6. The smallest absolute Gasteiger partial charge is 0.191 e. The van der Waals surface area contributed by atoms with Crippen molar-refractivity contribution < 1.29 is 4.74 Å². The summed E-state index contributed by atoms with van der Waals surface area (Å²) >= 11 is 6.16. The highest BCUT2D eigenvalue weighted by molar-refractivity contribution is 14.0. The molecule has 2 N–H and O–H groups in total. The average molecular weight is 412 g/mol. The van der Waals surface area contributed by atoms with Crippen LogP contribution < -0.4 is 5.73 Å². The zero-order chi connectivity index (χ0) is 14.3. The van der Waals surface area contributed by atoms with Gasteiger partial charge in [-0.2, -0.15) is 0 Å². The van der Waals surface area contributed by atoms with Crippen LogP contribution in [-0.4, -0.2) is 37.6 Å². The highest BCUT2D eigenvalue weighted by Gasteiger charge is 2.13. The molecule has 0 spiro atoms. The van der Waals surface area contributed by atoms with Crippen molar-refractivity contribution in [2.75, 3.05) is 26.7 Å². The van der Waals surface area contributed by atoms with Gasteiger partial charge in [0.1, 0.15) is 6.10 Å². The monoisotopic (exact) mass is 411 g/mol. The lowest BCUT2D eigenvalue weighted by Crippen LogP contribution is -2.37. The third-order valence-electron chi connectivity index (χ3n) is 3.04. The topological polar surface area (TPSA) is 50.8 Å². The SMILES string of the molecule is CCN(CC)C(N)=NCC(OC)c1ccccc1Cl.I. The van der Waals surface area contributed by atoms with Crippen molar-refractivity contribution in [3.63, 3.8) is 0 Å². The Morgan fingerprint density at radius 1 is 1.35 bits per heavy atom. The van der Waals surface area contributed by atoms with Gasteiger partial charge in [-0.25, -0.2) is 0 Å². The second-order valence-corrected chi connectivity index (χ2v) is 4.52. The highest BCUT2D eigenvalue weighted by atomic mass is 127. The van der Waals surface area contributed by atoms with Gasteiger partial charge in [-0.3, -0.25) is 4.99 Å². The standard InChI is InChI=1S/C14H22ClN3O.HI/c1-4-18(5-2)14(16)17-10-13(19-3)11-8-6-7-9-12(11)15;/h6-9,13H,4-5,10H2,1-3H3,(H2,16,17);1H. The number of nitrogens with zero attached hydrogens (tertiary/aromatic N) is 2. The molecule has 0 saturated heterocycles. The third kappa shape index (κ3) is 5.46. The van der Waals surface area contributed by atoms with Crippen molar-refractivity contribution in [2.45, 2.75) is 20.0 Å². The molecule has 0 aliphatic heterocycles. The van der Waals surface area contributed by atoms with Gasteiger partial charge in [0.25, 0.3) is 0 Å².